The first kappa shape index (κ1) is 11.6. The van der Waals surface area contributed by atoms with E-state index in [1.165, 1.54) is 48.5 Å². The summed E-state index contributed by atoms with van der Waals surface area (Å²) in [7, 11) is 0. The number of nitrogens with two attached hydrogens (primary N) is 1. The Morgan fingerprint density at radius 3 is 2.68 bits per heavy atom. The van der Waals surface area contributed by atoms with Gasteiger partial charge in [-0.1, -0.05) is 0 Å². The molecule has 4 rings (SSSR count). The molecule has 3 nitrogen and oxygen atoms in total. The number of hydrogen-bond acceptors (Lipinski definition) is 3. The lowest BCUT2D eigenvalue weighted by Crippen LogP contribution is -2.17. The molecule has 2 N–H and O–H groups in total. The zero-order valence-electron chi connectivity index (χ0n) is 11.0. The Bertz CT molecular complexity index is 609. The van der Waals surface area contributed by atoms with Crippen LogP contribution >= 0.6 is 11.8 Å². The Hall–Kier alpha value is -1.16. The van der Waals surface area contributed by atoms with Crippen LogP contribution in [-0.4, -0.2) is 21.1 Å². The summed E-state index contributed by atoms with van der Waals surface area (Å²) in [5, 5.41) is 0. The number of benzene rings is 1. The number of hydrogen-bond donors (Lipinski definition) is 1. The van der Waals surface area contributed by atoms with Crippen molar-refractivity contribution < 1.29 is 0 Å². The Kier molecular flexibility index (Phi) is 2.72. The van der Waals surface area contributed by atoms with Gasteiger partial charge in [0.25, 0.3) is 0 Å². The van der Waals surface area contributed by atoms with Crippen LogP contribution in [0, 0.1) is 0 Å². The molecule has 0 radical (unpaired) electrons. The number of nitrogen functional groups attached to an aromatic ring is 1. The van der Waals surface area contributed by atoms with Crippen molar-refractivity contribution in [3.8, 4) is 0 Å². The lowest BCUT2D eigenvalue weighted by Gasteiger charge is -2.25. The van der Waals surface area contributed by atoms with Gasteiger partial charge >= 0.3 is 0 Å². The summed E-state index contributed by atoms with van der Waals surface area (Å²) in [4.78, 5) is 4.89. The Morgan fingerprint density at radius 1 is 1.16 bits per heavy atom. The van der Waals surface area contributed by atoms with Crippen LogP contribution in [0.25, 0.3) is 11.0 Å². The molecule has 2 aromatic rings. The third-order valence-corrected chi connectivity index (χ3v) is 5.29. The Morgan fingerprint density at radius 2 is 1.95 bits per heavy atom. The summed E-state index contributed by atoms with van der Waals surface area (Å²) in [5.74, 6) is 4.58. The fraction of sp³-hybridized carbons (Fsp3) is 0.533. The van der Waals surface area contributed by atoms with Crippen LogP contribution < -0.4 is 5.73 Å². The summed E-state index contributed by atoms with van der Waals surface area (Å²) < 4.78 is 2.53. The quantitative estimate of drug-likeness (QED) is 0.851. The van der Waals surface area contributed by atoms with E-state index in [1.54, 1.807) is 0 Å². The predicted octanol–water partition coefficient (Wildman–Crippen LogP) is 3.56. The molecule has 1 aromatic heterocycles. The largest absolute Gasteiger partial charge is 0.399 e. The number of nitrogens with zero attached hydrogens (tertiary/aromatic N) is 2. The monoisotopic (exact) mass is 273 g/mol. The fourth-order valence-electron chi connectivity index (χ4n) is 3.09. The molecule has 2 fully saturated rings. The van der Waals surface area contributed by atoms with E-state index in [0.29, 0.717) is 12.0 Å². The minimum Gasteiger partial charge on any atom is -0.399 e. The topological polar surface area (TPSA) is 43.8 Å². The molecule has 1 saturated carbocycles. The number of fused-ring (bicyclic) bond motifs is 1. The first-order chi connectivity index (χ1) is 9.33. The molecular formula is C15H19N3S. The van der Waals surface area contributed by atoms with E-state index in [4.69, 9.17) is 10.7 Å². The molecule has 1 aromatic carbocycles. The van der Waals surface area contributed by atoms with Crippen molar-refractivity contribution >= 4 is 28.5 Å². The SMILES string of the molecule is Nc1ccc2c(c1)nc(C1CC1)n2C1CCSCC1. The molecule has 1 saturated heterocycles. The second kappa shape index (κ2) is 4.44. The van der Waals surface area contributed by atoms with Crippen LogP contribution in [0.4, 0.5) is 5.69 Å². The van der Waals surface area contributed by atoms with Crippen molar-refractivity contribution in [3.63, 3.8) is 0 Å². The number of aromatic nitrogens is 2. The van der Waals surface area contributed by atoms with E-state index in [0.717, 1.165) is 11.2 Å². The summed E-state index contributed by atoms with van der Waals surface area (Å²) in [6.07, 6.45) is 5.17. The molecule has 0 atom stereocenters. The van der Waals surface area contributed by atoms with Gasteiger partial charge in [-0.15, -0.1) is 0 Å². The highest BCUT2D eigenvalue weighted by atomic mass is 32.2. The highest BCUT2D eigenvalue weighted by molar-refractivity contribution is 7.99. The zero-order valence-corrected chi connectivity index (χ0v) is 11.8. The smallest absolute Gasteiger partial charge is 0.113 e. The molecule has 0 unspecified atom stereocenters. The first-order valence-electron chi connectivity index (χ1n) is 7.18. The average Bonchev–Trinajstić information content (AvgIpc) is 3.21. The number of thioether (sulfide) groups is 1. The molecule has 1 aliphatic heterocycles. The summed E-state index contributed by atoms with van der Waals surface area (Å²) in [5.41, 5.74) is 9.09. The van der Waals surface area contributed by atoms with Gasteiger partial charge in [0.1, 0.15) is 5.82 Å². The van der Waals surface area contributed by atoms with Gasteiger partial charge in [0.2, 0.25) is 0 Å². The minimum absolute atomic E-state index is 0.644. The van der Waals surface area contributed by atoms with Crippen molar-refractivity contribution in [2.24, 2.45) is 0 Å². The summed E-state index contributed by atoms with van der Waals surface area (Å²) in [6.45, 7) is 0. The number of anilines is 1. The van der Waals surface area contributed by atoms with E-state index >= 15 is 0 Å². The maximum atomic E-state index is 5.90. The summed E-state index contributed by atoms with van der Waals surface area (Å²) >= 11 is 2.08. The van der Waals surface area contributed by atoms with Crippen LogP contribution in [0.1, 0.15) is 43.5 Å². The third kappa shape index (κ3) is 2.02. The molecule has 2 heterocycles. The minimum atomic E-state index is 0.644. The molecule has 2 aliphatic rings. The van der Waals surface area contributed by atoms with E-state index in [9.17, 15) is 0 Å². The molecule has 0 bridgehead atoms. The van der Waals surface area contributed by atoms with Crippen LogP contribution in [0.2, 0.25) is 0 Å². The normalized spacial score (nSPS) is 21.1. The molecular weight excluding hydrogens is 254 g/mol. The second-order valence-electron chi connectivity index (χ2n) is 5.71. The van der Waals surface area contributed by atoms with Crippen LogP contribution in [0.3, 0.4) is 0 Å². The van der Waals surface area contributed by atoms with Gasteiger partial charge in [0, 0.05) is 17.6 Å². The van der Waals surface area contributed by atoms with E-state index in [2.05, 4.69) is 22.4 Å². The van der Waals surface area contributed by atoms with Crippen molar-refractivity contribution in [1.82, 2.24) is 9.55 Å². The van der Waals surface area contributed by atoms with Crippen molar-refractivity contribution in [2.45, 2.75) is 37.6 Å². The fourth-order valence-corrected chi connectivity index (χ4v) is 4.17. The predicted molar refractivity (Wildman–Crippen MR) is 81.7 cm³/mol. The standard InChI is InChI=1S/C15H19N3S/c16-11-3-4-14-13(9-11)17-15(10-1-2-10)18(14)12-5-7-19-8-6-12/h3-4,9-10,12H,1-2,5-8,16H2. The van der Waals surface area contributed by atoms with Crippen molar-refractivity contribution in [2.75, 3.05) is 17.2 Å². The van der Waals surface area contributed by atoms with Crippen LogP contribution in [-0.2, 0) is 0 Å². The van der Waals surface area contributed by atoms with Crippen molar-refractivity contribution in [1.29, 1.82) is 0 Å². The molecule has 4 heteroatoms. The molecule has 0 spiro atoms. The van der Waals surface area contributed by atoms with E-state index in [1.807, 2.05) is 12.1 Å². The van der Waals surface area contributed by atoms with Gasteiger partial charge in [-0.05, 0) is 55.4 Å². The number of rotatable bonds is 2. The van der Waals surface area contributed by atoms with Crippen molar-refractivity contribution in [3.05, 3.63) is 24.0 Å². The van der Waals surface area contributed by atoms with Gasteiger partial charge in [-0.3, -0.25) is 0 Å². The van der Waals surface area contributed by atoms with Crippen LogP contribution in [0.15, 0.2) is 18.2 Å². The van der Waals surface area contributed by atoms with Gasteiger partial charge in [-0.2, -0.15) is 11.8 Å². The van der Waals surface area contributed by atoms with E-state index < -0.39 is 0 Å². The maximum Gasteiger partial charge on any atom is 0.113 e. The van der Waals surface area contributed by atoms with Crippen LogP contribution in [0.5, 0.6) is 0 Å². The van der Waals surface area contributed by atoms with Gasteiger partial charge in [-0.25, -0.2) is 4.98 Å². The average molecular weight is 273 g/mol. The highest BCUT2D eigenvalue weighted by Crippen LogP contribution is 2.43. The second-order valence-corrected chi connectivity index (χ2v) is 6.93. The molecule has 19 heavy (non-hydrogen) atoms. The highest BCUT2D eigenvalue weighted by Gasteiger charge is 2.32. The molecule has 1 aliphatic carbocycles. The van der Waals surface area contributed by atoms with Gasteiger partial charge < -0.3 is 10.3 Å². The lowest BCUT2D eigenvalue weighted by molar-refractivity contribution is 0.465. The number of imidazole rings is 1. The first-order valence-corrected chi connectivity index (χ1v) is 8.33. The zero-order chi connectivity index (χ0) is 12.8. The molecule has 0 amide bonds. The lowest BCUT2D eigenvalue weighted by atomic mass is 10.1. The summed E-state index contributed by atoms with van der Waals surface area (Å²) in [6, 6.07) is 6.83. The maximum absolute atomic E-state index is 5.90. The molecule has 100 valence electrons. The Labute approximate surface area is 117 Å². The van der Waals surface area contributed by atoms with E-state index in [-0.39, 0.29) is 0 Å². The van der Waals surface area contributed by atoms with Gasteiger partial charge in [0.05, 0.1) is 11.0 Å². The third-order valence-electron chi connectivity index (χ3n) is 4.24. The van der Waals surface area contributed by atoms with Gasteiger partial charge in [0.15, 0.2) is 0 Å². The Balaban J connectivity index is 1.87.